The Hall–Kier alpha value is 0.140. The van der Waals surface area contributed by atoms with Crippen LogP contribution in [0.5, 0.6) is 0 Å². The Morgan fingerprint density at radius 3 is 2.62 bits per heavy atom. The molecule has 0 aromatic heterocycles. The minimum Gasteiger partial charge on any atom is -0.324 e. The number of nitrogens with two attached hydrogens (primary N) is 1. The first-order valence-electron chi connectivity index (χ1n) is 4.35. The Labute approximate surface area is 96.0 Å². The van der Waals surface area contributed by atoms with Crippen molar-refractivity contribution in [3.63, 3.8) is 0 Å². The molecule has 13 heavy (non-hydrogen) atoms. The summed E-state index contributed by atoms with van der Waals surface area (Å²) in [6.07, 6.45) is 2.14. The topological polar surface area (TPSA) is 26.0 Å². The summed E-state index contributed by atoms with van der Waals surface area (Å²) in [5, 5.41) is 0. The fourth-order valence-electron chi connectivity index (χ4n) is 1.27. The molecule has 0 amide bonds. The number of hydrogen-bond donors (Lipinski definition) is 1. The lowest BCUT2D eigenvalue weighted by Gasteiger charge is -2.12. The Morgan fingerprint density at radius 2 is 2.08 bits per heavy atom. The van der Waals surface area contributed by atoms with Crippen molar-refractivity contribution in [3.8, 4) is 0 Å². The largest absolute Gasteiger partial charge is 0.324 e. The van der Waals surface area contributed by atoms with Gasteiger partial charge in [-0.2, -0.15) is 0 Å². The first-order valence-corrected chi connectivity index (χ1v) is 5.94. The third-order valence-electron chi connectivity index (χ3n) is 1.96. The zero-order chi connectivity index (χ0) is 9.84. The average Bonchev–Trinajstić information content (AvgIpc) is 2.04. The molecule has 0 aliphatic rings. The van der Waals surface area contributed by atoms with Crippen molar-refractivity contribution in [1.82, 2.24) is 0 Å². The van der Waals surface area contributed by atoms with Gasteiger partial charge >= 0.3 is 0 Å². The Kier molecular flexibility index (Phi) is 4.42. The predicted molar refractivity (Wildman–Crippen MR) is 63.7 cm³/mol. The van der Waals surface area contributed by atoms with Crippen LogP contribution < -0.4 is 5.73 Å². The van der Waals surface area contributed by atoms with E-state index in [1.807, 2.05) is 12.1 Å². The van der Waals surface area contributed by atoms with Crippen molar-refractivity contribution in [2.45, 2.75) is 25.8 Å². The molecular formula is C10H13Br2N. The molecule has 72 valence electrons. The van der Waals surface area contributed by atoms with E-state index in [0.29, 0.717) is 0 Å². The summed E-state index contributed by atoms with van der Waals surface area (Å²) in [7, 11) is 0. The van der Waals surface area contributed by atoms with Crippen molar-refractivity contribution in [2.24, 2.45) is 5.73 Å². The van der Waals surface area contributed by atoms with Crippen LogP contribution in [0, 0.1) is 0 Å². The summed E-state index contributed by atoms with van der Waals surface area (Å²) < 4.78 is 2.16. The molecule has 3 heteroatoms. The van der Waals surface area contributed by atoms with E-state index in [9.17, 15) is 0 Å². The summed E-state index contributed by atoms with van der Waals surface area (Å²) >= 11 is 6.92. The number of rotatable bonds is 3. The molecule has 0 saturated heterocycles. The summed E-state index contributed by atoms with van der Waals surface area (Å²) in [5.41, 5.74) is 7.20. The molecule has 1 aromatic rings. The molecule has 2 N–H and O–H groups in total. The van der Waals surface area contributed by atoms with Crippen LogP contribution in [0.25, 0.3) is 0 Å². The molecule has 1 aromatic carbocycles. The second kappa shape index (κ2) is 5.13. The lowest BCUT2D eigenvalue weighted by atomic mass is 10.0. The van der Waals surface area contributed by atoms with E-state index in [1.54, 1.807) is 0 Å². The van der Waals surface area contributed by atoms with E-state index in [2.05, 4.69) is 44.8 Å². The van der Waals surface area contributed by atoms with Gasteiger partial charge in [-0.3, -0.25) is 0 Å². The summed E-state index contributed by atoms with van der Waals surface area (Å²) in [6.45, 7) is 2.15. The Balaban J connectivity index is 2.88. The molecule has 0 heterocycles. The highest BCUT2D eigenvalue weighted by molar-refractivity contribution is 9.11. The van der Waals surface area contributed by atoms with E-state index < -0.39 is 0 Å². The molecule has 0 spiro atoms. The number of benzene rings is 1. The zero-order valence-electron chi connectivity index (χ0n) is 7.56. The lowest BCUT2D eigenvalue weighted by molar-refractivity contribution is 0.636. The van der Waals surface area contributed by atoms with Gasteiger partial charge in [0.15, 0.2) is 0 Å². The van der Waals surface area contributed by atoms with Gasteiger partial charge < -0.3 is 5.73 Å². The molecule has 1 rings (SSSR count). The maximum Gasteiger partial charge on any atom is 0.0306 e. The van der Waals surface area contributed by atoms with E-state index >= 15 is 0 Å². The Bertz CT molecular complexity index is 286. The van der Waals surface area contributed by atoms with E-state index in [4.69, 9.17) is 5.73 Å². The third kappa shape index (κ3) is 3.08. The zero-order valence-corrected chi connectivity index (χ0v) is 10.7. The molecule has 1 nitrogen and oxygen atoms in total. The molecule has 0 saturated carbocycles. The summed E-state index contributed by atoms with van der Waals surface area (Å²) in [4.78, 5) is 0. The van der Waals surface area contributed by atoms with Crippen molar-refractivity contribution in [1.29, 1.82) is 0 Å². The lowest BCUT2D eigenvalue weighted by Crippen LogP contribution is -2.10. The van der Waals surface area contributed by atoms with Gasteiger partial charge in [-0.05, 0) is 24.1 Å². The van der Waals surface area contributed by atoms with Gasteiger partial charge in [-0.15, -0.1) is 0 Å². The van der Waals surface area contributed by atoms with Crippen LogP contribution in [0.1, 0.15) is 31.4 Å². The van der Waals surface area contributed by atoms with E-state index in [1.165, 1.54) is 5.56 Å². The van der Waals surface area contributed by atoms with Gasteiger partial charge in [0.1, 0.15) is 0 Å². The van der Waals surface area contributed by atoms with Crippen molar-refractivity contribution in [2.75, 3.05) is 0 Å². The van der Waals surface area contributed by atoms with Crippen LogP contribution in [0.4, 0.5) is 0 Å². The smallest absolute Gasteiger partial charge is 0.0306 e. The number of halogens is 2. The summed E-state index contributed by atoms with van der Waals surface area (Å²) in [6, 6.07) is 6.27. The molecule has 0 bridgehead atoms. The van der Waals surface area contributed by atoms with Crippen molar-refractivity contribution < 1.29 is 0 Å². The van der Waals surface area contributed by atoms with Gasteiger partial charge in [0.25, 0.3) is 0 Å². The highest BCUT2D eigenvalue weighted by Gasteiger charge is 2.08. The highest BCUT2D eigenvalue weighted by atomic mass is 79.9. The van der Waals surface area contributed by atoms with Gasteiger partial charge in [-0.25, -0.2) is 0 Å². The van der Waals surface area contributed by atoms with Crippen LogP contribution in [-0.4, -0.2) is 0 Å². The van der Waals surface area contributed by atoms with Crippen LogP contribution in [0.15, 0.2) is 27.1 Å². The highest BCUT2D eigenvalue weighted by Crippen LogP contribution is 2.27. The van der Waals surface area contributed by atoms with Crippen LogP contribution in [0.3, 0.4) is 0 Å². The van der Waals surface area contributed by atoms with Crippen LogP contribution in [-0.2, 0) is 0 Å². The van der Waals surface area contributed by atoms with Gasteiger partial charge in [-0.1, -0.05) is 51.3 Å². The second-order valence-electron chi connectivity index (χ2n) is 3.06. The minimum atomic E-state index is 0.146. The number of hydrogen-bond acceptors (Lipinski definition) is 1. The maximum absolute atomic E-state index is 6.01. The summed E-state index contributed by atoms with van der Waals surface area (Å²) in [5.74, 6) is 0. The van der Waals surface area contributed by atoms with Gasteiger partial charge in [0.2, 0.25) is 0 Å². The molecule has 0 aliphatic heterocycles. The molecule has 0 aliphatic carbocycles. The van der Waals surface area contributed by atoms with E-state index in [-0.39, 0.29) is 6.04 Å². The van der Waals surface area contributed by atoms with Crippen LogP contribution >= 0.6 is 31.9 Å². The first-order chi connectivity index (χ1) is 6.15. The third-order valence-corrected chi connectivity index (χ3v) is 3.14. The minimum absolute atomic E-state index is 0.146. The van der Waals surface area contributed by atoms with Gasteiger partial charge in [0, 0.05) is 15.0 Å². The van der Waals surface area contributed by atoms with Crippen molar-refractivity contribution in [3.05, 3.63) is 32.7 Å². The molecule has 0 fully saturated rings. The standard InChI is InChI=1S/C10H13Br2N/c1-2-3-10(13)8-5-4-7(11)6-9(8)12/h4-6,10H,2-3,13H2,1H3. The van der Waals surface area contributed by atoms with Gasteiger partial charge in [0.05, 0.1) is 0 Å². The predicted octanol–water partition coefficient (Wildman–Crippen LogP) is 4.01. The van der Waals surface area contributed by atoms with Crippen molar-refractivity contribution >= 4 is 31.9 Å². The first kappa shape index (κ1) is 11.2. The maximum atomic E-state index is 6.01. The second-order valence-corrected chi connectivity index (χ2v) is 4.83. The molecular weight excluding hydrogens is 294 g/mol. The van der Waals surface area contributed by atoms with Crippen LogP contribution in [0.2, 0.25) is 0 Å². The Morgan fingerprint density at radius 1 is 1.38 bits per heavy atom. The average molecular weight is 307 g/mol. The molecule has 0 radical (unpaired) electrons. The SMILES string of the molecule is CCCC(N)c1ccc(Br)cc1Br. The monoisotopic (exact) mass is 305 g/mol. The fourth-order valence-corrected chi connectivity index (χ4v) is 2.61. The quantitative estimate of drug-likeness (QED) is 0.897. The molecule has 1 unspecified atom stereocenters. The van der Waals surface area contributed by atoms with E-state index in [0.717, 1.165) is 21.8 Å². The normalized spacial score (nSPS) is 12.9. The fraction of sp³-hybridized carbons (Fsp3) is 0.400. The molecule has 1 atom stereocenters.